The molecule has 0 aromatic carbocycles. The molecule has 78 valence electrons. The lowest BCUT2D eigenvalue weighted by atomic mass is 10.2. The van der Waals surface area contributed by atoms with E-state index in [-0.39, 0.29) is 0 Å². The van der Waals surface area contributed by atoms with E-state index in [9.17, 15) is 0 Å². The fourth-order valence-corrected chi connectivity index (χ4v) is 1.66. The van der Waals surface area contributed by atoms with Crippen LogP contribution >= 0.6 is 11.3 Å². The first-order valence-corrected chi connectivity index (χ1v) is 6.25. The van der Waals surface area contributed by atoms with Gasteiger partial charge in [-0.05, 0) is 30.4 Å². The number of thiophene rings is 1. The second-order valence-corrected chi connectivity index (χ2v) is 3.43. The Morgan fingerprint density at radius 3 is 2.00 bits per heavy atom. The van der Waals surface area contributed by atoms with E-state index >= 15 is 0 Å². The van der Waals surface area contributed by atoms with Gasteiger partial charge >= 0.3 is 0 Å². The Labute approximate surface area is 88.0 Å². The van der Waals surface area contributed by atoms with Crippen molar-refractivity contribution in [2.45, 2.75) is 54.4 Å². The lowest BCUT2D eigenvalue weighted by Crippen LogP contribution is -1.74. The van der Waals surface area contributed by atoms with Crippen LogP contribution < -0.4 is 0 Å². The molecule has 1 rings (SSSR count). The second-order valence-electron chi connectivity index (χ2n) is 2.32. The molecule has 1 aromatic heterocycles. The van der Waals surface area contributed by atoms with Crippen molar-refractivity contribution in [2.24, 2.45) is 0 Å². The van der Waals surface area contributed by atoms with Crippen LogP contribution in [0.15, 0.2) is 11.4 Å². The fraction of sp³-hybridized carbons (Fsp3) is 0.667. The molecular formula is C12H24S. The molecule has 0 fully saturated rings. The van der Waals surface area contributed by atoms with Gasteiger partial charge in [-0.2, -0.15) is 0 Å². The van der Waals surface area contributed by atoms with Crippen molar-refractivity contribution in [1.82, 2.24) is 0 Å². The molecule has 0 aliphatic heterocycles. The molecule has 0 amide bonds. The number of hydrogen-bond acceptors (Lipinski definition) is 1. The van der Waals surface area contributed by atoms with Crippen LogP contribution in [0.1, 0.15) is 51.5 Å². The highest BCUT2D eigenvalue weighted by atomic mass is 32.1. The van der Waals surface area contributed by atoms with E-state index in [1.54, 1.807) is 0 Å². The van der Waals surface area contributed by atoms with Crippen molar-refractivity contribution in [3.8, 4) is 0 Å². The average Bonchev–Trinajstić information content (AvgIpc) is 2.59. The Kier molecular flexibility index (Phi) is 13.7. The fourth-order valence-electron chi connectivity index (χ4n) is 0.918. The second kappa shape index (κ2) is 11.7. The summed E-state index contributed by atoms with van der Waals surface area (Å²) in [4.78, 5) is 1.43. The quantitative estimate of drug-likeness (QED) is 0.626. The third-order valence-electron chi connectivity index (χ3n) is 1.32. The molecule has 0 spiro atoms. The van der Waals surface area contributed by atoms with Gasteiger partial charge in [0.1, 0.15) is 0 Å². The van der Waals surface area contributed by atoms with Gasteiger partial charge in [-0.1, -0.05) is 41.0 Å². The maximum absolute atomic E-state index is 2.27. The predicted octanol–water partition coefficient (Wildman–Crippen LogP) is 5.06. The van der Waals surface area contributed by atoms with Gasteiger partial charge in [0, 0.05) is 4.88 Å². The molecule has 13 heavy (non-hydrogen) atoms. The van der Waals surface area contributed by atoms with Crippen molar-refractivity contribution in [3.05, 3.63) is 21.9 Å². The van der Waals surface area contributed by atoms with E-state index in [1.165, 1.54) is 23.3 Å². The molecule has 0 nitrogen and oxygen atoms in total. The third-order valence-corrected chi connectivity index (χ3v) is 2.23. The molecule has 0 bridgehead atoms. The van der Waals surface area contributed by atoms with Crippen LogP contribution in [0, 0.1) is 6.92 Å². The molecular weight excluding hydrogens is 176 g/mol. The molecule has 0 radical (unpaired) electrons. The lowest BCUT2D eigenvalue weighted by Gasteiger charge is -1.86. The van der Waals surface area contributed by atoms with Crippen molar-refractivity contribution in [1.29, 1.82) is 0 Å². The molecule has 0 atom stereocenters. The zero-order chi connectivity index (χ0) is 10.7. The Hall–Kier alpha value is -0.300. The molecule has 0 saturated heterocycles. The number of aryl methyl sites for hydroxylation is 2. The third kappa shape index (κ3) is 8.04. The summed E-state index contributed by atoms with van der Waals surface area (Å²) in [5, 5.41) is 2.25. The van der Waals surface area contributed by atoms with Gasteiger partial charge in [0.05, 0.1) is 0 Å². The minimum atomic E-state index is 1.24. The van der Waals surface area contributed by atoms with Crippen molar-refractivity contribution < 1.29 is 0 Å². The Morgan fingerprint density at radius 1 is 1.15 bits per heavy atom. The molecule has 1 heteroatoms. The summed E-state index contributed by atoms with van der Waals surface area (Å²) >= 11 is 1.84. The summed E-state index contributed by atoms with van der Waals surface area (Å²) in [5.41, 5.74) is 1.50. The minimum Gasteiger partial charge on any atom is -0.149 e. The first-order chi connectivity index (χ1) is 6.33. The summed E-state index contributed by atoms with van der Waals surface area (Å²) < 4.78 is 0. The molecule has 0 aliphatic carbocycles. The molecule has 1 heterocycles. The van der Waals surface area contributed by atoms with Gasteiger partial charge in [-0.25, -0.2) is 0 Å². The van der Waals surface area contributed by atoms with Crippen molar-refractivity contribution in [2.75, 3.05) is 0 Å². The standard InChI is InChI=1S/C8H12S.2C2H6/c1-3-4-8-5-7(2)9-6-8;2*1-2/h5-6H,3-4H2,1-2H3;2*1-2H3. The molecule has 0 aliphatic rings. The molecule has 0 saturated carbocycles. The summed E-state index contributed by atoms with van der Waals surface area (Å²) in [7, 11) is 0. The Balaban J connectivity index is 0. The monoisotopic (exact) mass is 200 g/mol. The summed E-state index contributed by atoms with van der Waals surface area (Å²) in [6.07, 6.45) is 2.50. The van der Waals surface area contributed by atoms with Crippen molar-refractivity contribution >= 4 is 11.3 Å². The minimum absolute atomic E-state index is 1.24. The van der Waals surface area contributed by atoms with E-state index in [1.807, 2.05) is 39.0 Å². The van der Waals surface area contributed by atoms with Crippen LogP contribution in [0.25, 0.3) is 0 Å². The topological polar surface area (TPSA) is 0 Å². The van der Waals surface area contributed by atoms with Gasteiger partial charge < -0.3 is 0 Å². The summed E-state index contributed by atoms with van der Waals surface area (Å²) in [5.74, 6) is 0. The van der Waals surface area contributed by atoms with Gasteiger partial charge in [0.25, 0.3) is 0 Å². The SMILES string of the molecule is CC.CC.CCCc1csc(C)c1. The first-order valence-electron chi connectivity index (χ1n) is 5.37. The molecule has 0 N–H and O–H groups in total. The van der Waals surface area contributed by atoms with E-state index in [0.717, 1.165) is 0 Å². The van der Waals surface area contributed by atoms with E-state index in [2.05, 4.69) is 25.3 Å². The van der Waals surface area contributed by atoms with Gasteiger partial charge in [0.2, 0.25) is 0 Å². The van der Waals surface area contributed by atoms with Crippen LogP contribution in [0.4, 0.5) is 0 Å². The highest BCUT2D eigenvalue weighted by Gasteiger charge is 1.92. The summed E-state index contributed by atoms with van der Waals surface area (Å²) in [6.45, 7) is 12.4. The van der Waals surface area contributed by atoms with Crippen LogP contribution in [0.5, 0.6) is 0 Å². The molecule has 1 aromatic rings. The first kappa shape index (κ1) is 15.2. The molecule has 0 unspecified atom stereocenters. The summed E-state index contributed by atoms with van der Waals surface area (Å²) in [6, 6.07) is 2.27. The lowest BCUT2D eigenvalue weighted by molar-refractivity contribution is 0.926. The predicted molar refractivity (Wildman–Crippen MR) is 65.7 cm³/mol. The van der Waals surface area contributed by atoms with Gasteiger partial charge in [0.15, 0.2) is 0 Å². The highest BCUT2D eigenvalue weighted by molar-refractivity contribution is 7.10. The van der Waals surface area contributed by atoms with Crippen molar-refractivity contribution in [3.63, 3.8) is 0 Å². The normalized spacial score (nSPS) is 7.85. The maximum Gasteiger partial charge on any atom is 0.00170 e. The smallest absolute Gasteiger partial charge is 0.00170 e. The van der Waals surface area contributed by atoms with E-state index in [0.29, 0.717) is 0 Å². The zero-order valence-electron chi connectivity index (χ0n) is 9.98. The zero-order valence-corrected chi connectivity index (χ0v) is 10.8. The van der Waals surface area contributed by atoms with Crippen LogP contribution in [-0.4, -0.2) is 0 Å². The Bertz CT molecular complexity index is 177. The maximum atomic E-state index is 2.27. The largest absolute Gasteiger partial charge is 0.149 e. The van der Waals surface area contributed by atoms with E-state index < -0.39 is 0 Å². The van der Waals surface area contributed by atoms with Gasteiger partial charge in [-0.15, -0.1) is 11.3 Å². The highest BCUT2D eigenvalue weighted by Crippen LogP contribution is 2.13. The van der Waals surface area contributed by atoms with Crippen LogP contribution in [0.2, 0.25) is 0 Å². The van der Waals surface area contributed by atoms with Gasteiger partial charge in [-0.3, -0.25) is 0 Å². The van der Waals surface area contributed by atoms with Crippen LogP contribution in [-0.2, 0) is 6.42 Å². The average molecular weight is 200 g/mol. The van der Waals surface area contributed by atoms with E-state index in [4.69, 9.17) is 0 Å². The number of rotatable bonds is 2. The number of hydrogen-bond donors (Lipinski definition) is 0. The van der Waals surface area contributed by atoms with Crippen LogP contribution in [0.3, 0.4) is 0 Å². The Morgan fingerprint density at radius 2 is 1.69 bits per heavy atom.